The van der Waals surface area contributed by atoms with Gasteiger partial charge in [-0.2, -0.15) is 0 Å². The topological polar surface area (TPSA) is 262 Å². The fourth-order valence-corrected chi connectivity index (χ4v) is 14.4. The number of phenols is 1. The first-order valence-corrected chi connectivity index (χ1v) is 41.9. The molecule has 4 aliphatic heterocycles. The summed E-state index contributed by atoms with van der Waals surface area (Å²) in [6.07, 6.45) is 17.3. The van der Waals surface area contributed by atoms with E-state index in [1.165, 1.54) is 106 Å². The summed E-state index contributed by atoms with van der Waals surface area (Å²) in [4.78, 5) is 80.7. The number of anilines is 4. The zero-order valence-corrected chi connectivity index (χ0v) is 73.0. The first-order valence-electron chi connectivity index (χ1n) is 38.0. The molecule has 0 aliphatic carbocycles. The first kappa shape index (κ1) is 91.6. The quantitative estimate of drug-likeness (QED) is 0.0395. The standard InChI is InChI=1S/C22H21FN4O2.C21H19FN4O2.C20H20FN3O.C14H16BrN3O.C6H6BFO2.C3H3ClO.BBr3/c1-3-21(28)26-8-10-27(11-9-26)22-17-13-20(29-2)16(12-19(17)24-14-25-22)15-6-4-5-7-18(15)23;1-2-20(28)25-7-9-26(10-8-25)21-16-12-19(27)15(11-18(16)23-13-24-21)14-5-3-4-6-17(14)22;1-25-19-12-16-18(11-15(19)14-7-3-4-8-17(14)21)22-13-23-20(16)24-9-5-2-6-10-24;1-19-13-7-10-12(8-11(13)15)16-9-17-14(10)18-5-3-2-4-6-18;8-6-4-2-1-3-5(6)7(9)10;1-2-3(4)5;2-1(3)4/h3-7,12-14H,1,8-11H2,2H3;2-6,11-13,27H,1,7-10H2;3-4,7-8,11-13H,2,5-6,9-10H2,1H3;7-9H,2-6H2,1H3;1-4,9-10H;2H,1H2;. The van der Waals surface area contributed by atoms with Crippen LogP contribution in [-0.2, 0) is 14.4 Å². The molecule has 8 heterocycles. The number of phenolic OH excluding ortho intramolecular Hbond substituents is 1. The number of allylic oxidation sites excluding steroid dienone is 1. The number of fused-ring (bicyclic) bond motifs is 4. The molecule has 0 atom stereocenters. The second-order valence-corrected chi connectivity index (χ2v) is 34.7. The van der Waals surface area contributed by atoms with Crippen molar-refractivity contribution in [1.29, 1.82) is 0 Å². The van der Waals surface area contributed by atoms with Crippen LogP contribution in [0.2, 0.25) is 0 Å². The Kier molecular flexibility index (Phi) is 34.4. The molecule has 12 aromatic rings. The van der Waals surface area contributed by atoms with Gasteiger partial charge in [0.15, 0.2) is 0 Å². The van der Waals surface area contributed by atoms with E-state index in [1.54, 1.807) is 104 Å². The summed E-state index contributed by atoms with van der Waals surface area (Å²) in [5.74, 6) is 3.65. The van der Waals surface area contributed by atoms with Gasteiger partial charge in [-0.25, -0.2) is 57.4 Å². The van der Waals surface area contributed by atoms with E-state index < -0.39 is 24.0 Å². The highest BCUT2D eigenvalue weighted by Crippen LogP contribution is 2.42. The van der Waals surface area contributed by atoms with Crippen molar-refractivity contribution in [1.82, 2.24) is 49.7 Å². The van der Waals surface area contributed by atoms with Crippen molar-refractivity contribution in [2.75, 3.05) is 119 Å². The van der Waals surface area contributed by atoms with Crippen LogP contribution in [0.1, 0.15) is 38.5 Å². The van der Waals surface area contributed by atoms with Gasteiger partial charge in [0.25, 0.3) is 0 Å². The van der Waals surface area contributed by atoms with Crippen LogP contribution in [-0.4, -0.2) is 192 Å². The molecule has 4 aliphatic rings. The number of carbonyl (C=O) groups is 3. The van der Waals surface area contributed by atoms with Crippen molar-refractivity contribution in [3.05, 3.63) is 237 Å². The zero-order chi connectivity index (χ0) is 85.9. The molecule has 0 saturated carbocycles. The summed E-state index contributed by atoms with van der Waals surface area (Å²) < 4.78 is 73.0. The number of ether oxygens (including phenoxy) is 3. The average Bonchev–Trinajstić information content (AvgIpc) is 0.780. The molecule has 0 unspecified atom stereocenters. The lowest BCUT2D eigenvalue weighted by Gasteiger charge is -2.35. The van der Waals surface area contributed by atoms with Gasteiger partial charge in [-0.05, 0) is 157 Å². The number of hydrogen-bond acceptors (Lipinski definition) is 21. The number of piperazine rings is 2. The van der Waals surface area contributed by atoms with E-state index in [9.17, 15) is 37.1 Å². The van der Waals surface area contributed by atoms with Crippen LogP contribution < -0.4 is 39.3 Å². The normalized spacial score (nSPS) is 13.6. The Morgan fingerprint density at radius 1 is 0.408 bits per heavy atom. The monoisotopic (exact) mass is 1910 g/mol. The predicted octanol–water partition coefficient (Wildman–Crippen LogP) is 16.7. The van der Waals surface area contributed by atoms with Gasteiger partial charge in [-0.1, -0.05) is 92.5 Å². The zero-order valence-electron chi connectivity index (χ0n) is 65.9. The van der Waals surface area contributed by atoms with Gasteiger partial charge >= 0.3 is 10.3 Å². The molecule has 0 spiro atoms. The van der Waals surface area contributed by atoms with Crippen molar-refractivity contribution < 1.29 is 61.3 Å². The molecule has 34 heteroatoms. The lowest BCUT2D eigenvalue weighted by atomic mass is 9.80. The van der Waals surface area contributed by atoms with Crippen LogP contribution >= 0.6 is 74.8 Å². The fourth-order valence-electron chi connectivity index (χ4n) is 13.9. The van der Waals surface area contributed by atoms with Gasteiger partial charge in [0, 0.05) is 139 Å². The number of methoxy groups -OCH3 is 3. The SMILES string of the molecule is BrB(Br)Br.C=CC(=O)Cl.C=CC(=O)N1CCN(c2ncnc3cc(-c4ccccc4F)c(O)cc23)CC1.C=CC(=O)N1CCN(c2ncnc3cc(-c4ccccc4F)c(OC)cc23)CC1.COc1cc2c(N3CCCCC3)ncnc2cc1-c1ccccc1F.COc1cc2c(N3CCCCC3)ncnc2cc1Br.OB(O)c1ccccc1F. The average molecular weight is 1910 g/mol. The molecular formula is C86H85B2Br4ClF4N14O9. The molecule has 622 valence electrons. The second-order valence-electron chi connectivity index (χ2n) is 27.0. The van der Waals surface area contributed by atoms with Crippen molar-refractivity contribution >= 4 is 175 Å². The number of rotatable bonds is 14. The first-order chi connectivity index (χ1) is 58.0. The molecule has 23 nitrogen and oxygen atoms in total. The van der Waals surface area contributed by atoms with Crippen LogP contribution in [0.25, 0.3) is 77.0 Å². The molecule has 2 amide bonds. The van der Waals surface area contributed by atoms with Gasteiger partial charge in [0.2, 0.25) is 17.1 Å². The summed E-state index contributed by atoms with van der Waals surface area (Å²) in [5.41, 5.74) is 6.00. The van der Waals surface area contributed by atoms with Crippen LogP contribution in [0.3, 0.4) is 0 Å². The molecule has 8 aromatic carbocycles. The van der Waals surface area contributed by atoms with Gasteiger partial charge in [0.05, 0.1) is 47.9 Å². The maximum atomic E-state index is 14.4. The molecule has 4 aromatic heterocycles. The van der Waals surface area contributed by atoms with Gasteiger partial charge in [0.1, 0.15) is 94.8 Å². The Hall–Kier alpha value is -10.7. The Labute approximate surface area is 731 Å². The third-order valence-electron chi connectivity index (χ3n) is 19.8. The van der Waals surface area contributed by atoms with E-state index in [4.69, 9.17) is 35.9 Å². The lowest BCUT2D eigenvalue weighted by Crippen LogP contribution is -2.48. The number of piperidine rings is 2. The number of halogens is 9. The molecule has 120 heavy (non-hydrogen) atoms. The van der Waals surface area contributed by atoms with Crippen LogP contribution in [0, 0.1) is 23.3 Å². The highest BCUT2D eigenvalue weighted by Gasteiger charge is 2.27. The minimum absolute atomic E-state index is 0.0332. The molecular weight excluding hydrogens is 1830 g/mol. The summed E-state index contributed by atoms with van der Waals surface area (Å²) >= 11 is 17.5. The Morgan fingerprint density at radius 2 is 0.708 bits per heavy atom. The Bertz CT molecular complexity index is 5580. The highest BCUT2D eigenvalue weighted by molar-refractivity contribution is 9.69. The number of aromatic nitrogens is 8. The molecule has 0 radical (unpaired) electrons. The fraction of sp³-hybridized carbons (Fsp3) is 0.244. The van der Waals surface area contributed by atoms with E-state index in [-0.39, 0.29) is 37.8 Å². The summed E-state index contributed by atoms with van der Waals surface area (Å²) in [7, 11) is 3.13. The van der Waals surface area contributed by atoms with E-state index in [1.807, 2.05) is 42.5 Å². The minimum atomic E-state index is -1.72. The Morgan fingerprint density at radius 3 is 1.02 bits per heavy atom. The van der Waals surface area contributed by atoms with Crippen molar-refractivity contribution in [3.63, 3.8) is 0 Å². The van der Waals surface area contributed by atoms with E-state index in [0.717, 1.165) is 87.1 Å². The summed E-state index contributed by atoms with van der Waals surface area (Å²) in [6.45, 7) is 19.2. The number of benzene rings is 8. The smallest absolute Gasteiger partial charge is 0.491 e. The molecule has 4 fully saturated rings. The number of aromatic hydroxyl groups is 1. The molecule has 0 bridgehead atoms. The van der Waals surface area contributed by atoms with Crippen LogP contribution in [0.15, 0.2) is 213 Å². The molecule has 4 saturated heterocycles. The third-order valence-corrected chi connectivity index (χ3v) is 20.5. The van der Waals surface area contributed by atoms with E-state index in [0.29, 0.717) is 119 Å². The van der Waals surface area contributed by atoms with Crippen molar-refractivity contribution in [2.45, 2.75) is 38.5 Å². The number of hydrogen-bond donors (Lipinski definition) is 3. The van der Waals surface area contributed by atoms with Crippen molar-refractivity contribution in [3.8, 4) is 56.4 Å². The largest absolute Gasteiger partial charge is 0.507 e. The predicted molar refractivity (Wildman–Crippen MR) is 483 cm³/mol. The van der Waals surface area contributed by atoms with Gasteiger partial charge in [-0.15, -0.1) is 47.3 Å². The maximum Gasteiger partial charge on any atom is 0.491 e. The van der Waals surface area contributed by atoms with Crippen molar-refractivity contribution in [2.24, 2.45) is 0 Å². The Balaban J connectivity index is 0.000000157. The highest BCUT2D eigenvalue weighted by atomic mass is 79.9. The van der Waals surface area contributed by atoms with Gasteiger partial charge < -0.3 is 58.8 Å². The minimum Gasteiger partial charge on any atom is -0.507 e. The summed E-state index contributed by atoms with van der Waals surface area (Å²) in [5, 5.41) is 30.6. The third kappa shape index (κ3) is 23.9. The number of carbonyl (C=O) groups excluding carboxylic acids is 3. The number of amides is 2. The van der Waals surface area contributed by atoms with Crippen LogP contribution in [0.4, 0.5) is 40.8 Å². The number of nitrogens with zero attached hydrogens (tertiary/aromatic N) is 14. The van der Waals surface area contributed by atoms with E-state index in [2.05, 4.69) is 142 Å². The van der Waals surface area contributed by atoms with Gasteiger partial charge in [-0.3, -0.25) is 14.4 Å². The molecule has 3 N–H and O–H groups in total. The second kappa shape index (κ2) is 45.1. The maximum absolute atomic E-state index is 14.4. The molecule has 16 rings (SSSR count). The van der Waals surface area contributed by atoms with E-state index >= 15 is 0 Å². The summed E-state index contributed by atoms with van der Waals surface area (Å²) in [6, 6.07) is 39.9. The van der Waals surface area contributed by atoms with Crippen LogP contribution in [0.5, 0.6) is 23.0 Å². The lowest BCUT2D eigenvalue weighted by molar-refractivity contribution is -0.127.